The lowest BCUT2D eigenvalue weighted by Gasteiger charge is -2.24. The van der Waals surface area contributed by atoms with Crippen molar-refractivity contribution in [3.8, 4) is 11.3 Å². The Hall–Kier alpha value is -2.80. The zero-order valence-corrected chi connectivity index (χ0v) is 15.0. The monoisotopic (exact) mass is 354 g/mol. The minimum Gasteiger partial charge on any atom is -0.300 e. The zero-order valence-electron chi connectivity index (χ0n) is 14.2. The fraction of sp³-hybridized carbons (Fsp3) is 0.222. The van der Waals surface area contributed by atoms with E-state index in [4.69, 9.17) is 0 Å². The van der Waals surface area contributed by atoms with Crippen LogP contribution in [0, 0.1) is 6.92 Å². The molecular formula is C18H18N4O2S. The molecule has 0 aliphatic heterocycles. The third-order valence-corrected chi connectivity index (χ3v) is 4.67. The van der Waals surface area contributed by atoms with Crippen LogP contribution in [0.5, 0.6) is 0 Å². The Morgan fingerprint density at radius 1 is 1.16 bits per heavy atom. The van der Waals surface area contributed by atoms with E-state index in [2.05, 4.69) is 15.4 Å². The van der Waals surface area contributed by atoms with Crippen LogP contribution in [0.25, 0.3) is 11.3 Å². The number of benzene rings is 1. The highest BCUT2D eigenvalue weighted by atomic mass is 32.1. The van der Waals surface area contributed by atoms with Crippen LogP contribution in [0.2, 0.25) is 0 Å². The second-order valence-electron chi connectivity index (χ2n) is 6.14. The summed E-state index contributed by atoms with van der Waals surface area (Å²) < 4.78 is 1.21. The summed E-state index contributed by atoms with van der Waals surface area (Å²) in [6.45, 7) is 5.17. The first kappa shape index (κ1) is 17.0. The molecule has 1 N–H and O–H groups in total. The SMILES string of the molecule is Cc1csc(NC(=O)C(C)(C)n2nc(-c3ccccc3)ccc2=O)n1. The topological polar surface area (TPSA) is 76.9 Å². The summed E-state index contributed by atoms with van der Waals surface area (Å²) in [7, 11) is 0. The van der Waals surface area contributed by atoms with Crippen molar-refractivity contribution in [2.24, 2.45) is 0 Å². The number of hydrogen-bond donors (Lipinski definition) is 1. The van der Waals surface area contributed by atoms with E-state index in [9.17, 15) is 9.59 Å². The van der Waals surface area contributed by atoms with Crippen LogP contribution in [0.1, 0.15) is 19.5 Å². The number of aromatic nitrogens is 3. The average Bonchev–Trinajstić information content (AvgIpc) is 3.00. The molecule has 1 amide bonds. The second kappa shape index (κ2) is 6.60. The van der Waals surface area contributed by atoms with Crippen LogP contribution < -0.4 is 10.9 Å². The maximum absolute atomic E-state index is 12.7. The van der Waals surface area contributed by atoms with Crippen molar-refractivity contribution in [2.75, 3.05) is 5.32 Å². The van der Waals surface area contributed by atoms with E-state index in [-0.39, 0.29) is 11.5 Å². The van der Waals surface area contributed by atoms with Gasteiger partial charge < -0.3 is 0 Å². The molecule has 0 spiro atoms. The number of nitrogens with zero attached hydrogens (tertiary/aromatic N) is 3. The van der Waals surface area contributed by atoms with E-state index >= 15 is 0 Å². The lowest BCUT2D eigenvalue weighted by molar-refractivity contribution is -0.123. The van der Waals surface area contributed by atoms with Crippen LogP contribution in [0.4, 0.5) is 5.13 Å². The summed E-state index contributed by atoms with van der Waals surface area (Å²) in [5.74, 6) is -0.346. The third-order valence-electron chi connectivity index (χ3n) is 3.79. The summed E-state index contributed by atoms with van der Waals surface area (Å²) in [5, 5.41) is 9.52. The van der Waals surface area contributed by atoms with Gasteiger partial charge in [0.1, 0.15) is 5.54 Å². The van der Waals surface area contributed by atoms with Gasteiger partial charge in [-0.15, -0.1) is 11.3 Å². The first-order valence-corrected chi connectivity index (χ1v) is 8.66. The molecule has 0 atom stereocenters. The molecule has 3 rings (SSSR count). The molecule has 1 aromatic carbocycles. The molecule has 2 aromatic heterocycles. The molecule has 0 saturated heterocycles. The summed E-state index contributed by atoms with van der Waals surface area (Å²) in [6.07, 6.45) is 0. The molecule has 0 radical (unpaired) electrons. The molecule has 2 heterocycles. The fourth-order valence-corrected chi connectivity index (χ4v) is 3.02. The molecule has 0 aliphatic carbocycles. The molecule has 0 bridgehead atoms. The molecule has 3 aromatic rings. The molecule has 25 heavy (non-hydrogen) atoms. The van der Waals surface area contributed by atoms with E-state index in [1.54, 1.807) is 19.9 Å². The predicted molar refractivity (Wildman–Crippen MR) is 98.7 cm³/mol. The van der Waals surface area contributed by atoms with Gasteiger partial charge in [0, 0.05) is 17.0 Å². The number of carbonyl (C=O) groups excluding carboxylic acids is 1. The molecule has 7 heteroatoms. The fourth-order valence-electron chi connectivity index (χ4n) is 2.33. The highest BCUT2D eigenvalue weighted by Crippen LogP contribution is 2.21. The third kappa shape index (κ3) is 3.51. The summed E-state index contributed by atoms with van der Waals surface area (Å²) in [5.41, 5.74) is 0.838. The Bertz CT molecular complexity index is 960. The van der Waals surface area contributed by atoms with Crippen LogP contribution >= 0.6 is 11.3 Å². The number of thiazole rings is 1. The minimum absolute atomic E-state index is 0.338. The van der Waals surface area contributed by atoms with Gasteiger partial charge in [0.2, 0.25) is 0 Å². The Morgan fingerprint density at radius 2 is 1.88 bits per heavy atom. The van der Waals surface area contributed by atoms with Crippen molar-refractivity contribution in [2.45, 2.75) is 26.3 Å². The van der Waals surface area contributed by atoms with Crippen LogP contribution in [-0.2, 0) is 10.3 Å². The lowest BCUT2D eigenvalue weighted by Crippen LogP contribution is -2.47. The van der Waals surface area contributed by atoms with Gasteiger partial charge in [0.25, 0.3) is 11.5 Å². The van der Waals surface area contributed by atoms with Crippen LogP contribution in [0.15, 0.2) is 52.6 Å². The second-order valence-corrected chi connectivity index (χ2v) is 7.00. The van der Waals surface area contributed by atoms with E-state index in [1.807, 2.05) is 42.6 Å². The summed E-state index contributed by atoms with van der Waals surface area (Å²) >= 11 is 1.34. The average molecular weight is 354 g/mol. The van der Waals surface area contributed by atoms with Crippen LogP contribution in [0.3, 0.4) is 0 Å². The molecule has 0 unspecified atom stereocenters. The molecule has 0 saturated carbocycles. The van der Waals surface area contributed by atoms with Crippen molar-refractivity contribution in [3.63, 3.8) is 0 Å². The maximum atomic E-state index is 12.7. The van der Waals surface area contributed by atoms with Gasteiger partial charge in [-0.3, -0.25) is 14.9 Å². The van der Waals surface area contributed by atoms with Crippen molar-refractivity contribution < 1.29 is 4.79 Å². The van der Waals surface area contributed by atoms with Gasteiger partial charge in [-0.1, -0.05) is 30.3 Å². The van der Waals surface area contributed by atoms with Gasteiger partial charge >= 0.3 is 0 Å². The maximum Gasteiger partial charge on any atom is 0.267 e. The van der Waals surface area contributed by atoms with Gasteiger partial charge in [0.05, 0.1) is 11.4 Å². The van der Waals surface area contributed by atoms with E-state index in [0.717, 1.165) is 11.3 Å². The van der Waals surface area contributed by atoms with E-state index < -0.39 is 5.54 Å². The van der Waals surface area contributed by atoms with Gasteiger partial charge in [-0.05, 0) is 26.8 Å². The Labute approximate surface area is 149 Å². The van der Waals surface area contributed by atoms with Crippen molar-refractivity contribution in [1.29, 1.82) is 0 Å². The summed E-state index contributed by atoms with van der Waals surface area (Å²) in [4.78, 5) is 29.2. The zero-order chi connectivity index (χ0) is 18.0. The van der Waals surface area contributed by atoms with Crippen LogP contribution in [-0.4, -0.2) is 20.7 Å². The Morgan fingerprint density at radius 3 is 2.52 bits per heavy atom. The van der Waals surface area contributed by atoms with E-state index in [1.165, 1.54) is 22.1 Å². The number of nitrogens with one attached hydrogen (secondary N) is 1. The highest BCUT2D eigenvalue weighted by Gasteiger charge is 2.32. The van der Waals surface area contributed by atoms with Gasteiger partial charge in [-0.25, -0.2) is 9.67 Å². The molecule has 6 nitrogen and oxygen atoms in total. The van der Waals surface area contributed by atoms with Crippen molar-refractivity contribution in [1.82, 2.24) is 14.8 Å². The molecule has 0 fully saturated rings. The van der Waals surface area contributed by atoms with Gasteiger partial charge in [-0.2, -0.15) is 5.10 Å². The normalized spacial score (nSPS) is 11.3. The minimum atomic E-state index is -1.17. The molecular weight excluding hydrogens is 336 g/mol. The number of rotatable bonds is 4. The quantitative estimate of drug-likeness (QED) is 0.781. The first-order valence-electron chi connectivity index (χ1n) is 7.78. The number of amides is 1. The summed E-state index contributed by atoms with van der Waals surface area (Å²) in [6, 6.07) is 12.6. The molecule has 128 valence electrons. The molecule has 0 aliphatic rings. The highest BCUT2D eigenvalue weighted by molar-refractivity contribution is 7.13. The van der Waals surface area contributed by atoms with Crippen molar-refractivity contribution >= 4 is 22.4 Å². The standard InChI is InChI=1S/C18H18N4O2S/c1-12-11-25-17(19-12)20-16(24)18(2,3)22-15(23)10-9-14(21-22)13-7-5-4-6-8-13/h4-11H,1-3H3,(H,19,20,24). The smallest absolute Gasteiger partial charge is 0.267 e. The van der Waals surface area contributed by atoms with Gasteiger partial charge in [0.15, 0.2) is 5.13 Å². The number of hydrogen-bond acceptors (Lipinski definition) is 5. The number of aryl methyl sites for hydroxylation is 1. The Kier molecular flexibility index (Phi) is 4.50. The van der Waals surface area contributed by atoms with E-state index in [0.29, 0.717) is 10.8 Å². The predicted octanol–water partition coefficient (Wildman–Crippen LogP) is 3.05. The largest absolute Gasteiger partial charge is 0.300 e. The number of carbonyl (C=O) groups is 1. The lowest BCUT2D eigenvalue weighted by atomic mass is 10.0. The Balaban J connectivity index is 1.96. The first-order chi connectivity index (χ1) is 11.9. The van der Waals surface area contributed by atoms with Crippen molar-refractivity contribution in [3.05, 3.63) is 63.9 Å². The number of anilines is 1.